The average Bonchev–Trinajstić information content (AvgIpc) is 3.31. The summed E-state index contributed by atoms with van der Waals surface area (Å²) in [6.07, 6.45) is 0. The molecule has 41 heavy (non-hydrogen) atoms. The Bertz CT molecular complexity index is 1780. The number of fused-ring (bicyclic) bond motifs is 3. The molecule has 6 aromatic carbocycles. The molecule has 6 aromatic rings. The quantitative estimate of drug-likeness (QED) is 0.137. The summed E-state index contributed by atoms with van der Waals surface area (Å²) in [5, 5.41) is 21.3. The van der Waals surface area contributed by atoms with Crippen molar-refractivity contribution in [1.29, 1.82) is 0 Å². The normalized spacial score (nSPS) is 13.0. The van der Waals surface area contributed by atoms with Crippen molar-refractivity contribution in [2.45, 2.75) is 5.41 Å². The van der Waals surface area contributed by atoms with E-state index in [0.29, 0.717) is 22.5 Å². The van der Waals surface area contributed by atoms with Crippen LogP contribution in [-0.2, 0) is 5.41 Å². The molecule has 6 N–H and O–H groups in total. The molecule has 1 aliphatic rings. The maximum absolute atomic E-state index is 10.6. The van der Waals surface area contributed by atoms with Crippen molar-refractivity contribution in [2.75, 3.05) is 11.5 Å². The van der Waals surface area contributed by atoms with Crippen LogP contribution >= 0.6 is 0 Å². The topological polar surface area (TPSA) is 92.5 Å². The van der Waals surface area contributed by atoms with Crippen molar-refractivity contribution >= 4 is 11.4 Å². The van der Waals surface area contributed by atoms with Gasteiger partial charge in [0.05, 0.1) is 16.8 Å². The number of anilines is 2. The zero-order valence-corrected chi connectivity index (χ0v) is 22.3. The summed E-state index contributed by atoms with van der Waals surface area (Å²) in [7, 11) is 0. The van der Waals surface area contributed by atoms with Gasteiger partial charge in [0.1, 0.15) is 11.5 Å². The number of nitrogen functional groups attached to an aromatic ring is 2. The van der Waals surface area contributed by atoms with Gasteiger partial charge in [-0.05, 0) is 56.6 Å². The Hall–Kier alpha value is -5.48. The summed E-state index contributed by atoms with van der Waals surface area (Å²) < 4.78 is 0. The monoisotopic (exact) mass is 532 g/mol. The van der Waals surface area contributed by atoms with Crippen molar-refractivity contribution in [2.24, 2.45) is 0 Å². The Morgan fingerprint density at radius 2 is 0.756 bits per heavy atom. The van der Waals surface area contributed by atoms with Gasteiger partial charge in [-0.25, -0.2) is 0 Å². The molecule has 0 amide bonds. The number of phenolic OH excluding ortho intramolecular Hbond substituents is 2. The van der Waals surface area contributed by atoms with E-state index in [1.807, 2.05) is 48.5 Å². The predicted octanol–water partition coefficient (Wildman–Crippen LogP) is 7.96. The van der Waals surface area contributed by atoms with E-state index in [4.69, 9.17) is 11.5 Å². The lowest BCUT2D eigenvalue weighted by atomic mass is 9.67. The second-order valence-electron chi connectivity index (χ2n) is 10.5. The molecule has 0 radical (unpaired) electrons. The third-order valence-corrected chi connectivity index (χ3v) is 8.34. The van der Waals surface area contributed by atoms with Crippen LogP contribution in [0.25, 0.3) is 33.4 Å². The van der Waals surface area contributed by atoms with Crippen LogP contribution in [0.4, 0.5) is 11.4 Å². The van der Waals surface area contributed by atoms with Crippen molar-refractivity contribution in [1.82, 2.24) is 0 Å². The fraction of sp³-hybridized carbons (Fsp3) is 0.0270. The van der Waals surface area contributed by atoms with E-state index in [9.17, 15) is 10.2 Å². The second kappa shape index (κ2) is 9.32. The third-order valence-electron chi connectivity index (χ3n) is 8.34. The van der Waals surface area contributed by atoms with Gasteiger partial charge in [-0.3, -0.25) is 0 Å². The number of rotatable bonds is 4. The Kier molecular flexibility index (Phi) is 5.58. The summed E-state index contributed by atoms with van der Waals surface area (Å²) in [6, 6.07) is 44.8. The zero-order chi connectivity index (χ0) is 28.1. The first-order valence-electron chi connectivity index (χ1n) is 13.6. The number of aromatic hydroxyl groups is 2. The highest BCUT2D eigenvalue weighted by molar-refractivity contribution is 5.87. The highest BCUT2D eigenvalue weighted by atomic mass is 16.3. The van der Waals surface area contributed by atoms with E-state index in [1.54, 1.807) is 12.1 Å². The molecule has 4 nitrogen and oxygen atoms in total. The van der Waals surface area contributed by atoms with Crippen molar-refractivity contribution < 1.29 is 10.2 Å². The minimum Gasteiger partial charge on any atom is -0.505 e. The average molecular weight is 533 g/mol. The molecule has 0 atom stereocenters. The lowest BCUT2D eigenvalue weighted by Crippen LogP contribution is -2.28. The molecule has 0 unspecified atom stereocenters. The molecule has 0 spiro atoms. The van der Waals surface area contributed by atoms with Gasteiger partial charge in [-0.15, -0.1) is 0 Å². The molecule has 198 valence electrons. The molecule has 0 bridgehead atoms. The van der Waals surface area contributed by atoms with E-state index >= 15 is 0 Å². The Balaban J connectivity index is 1.45. The molecule has 0 fully saturated rings. The summed E-state index contributed by atoms with van der Waals surface area (Å²) in [4.78, 5) is 0. The Morgan fingerprint density at radius 1 is 0.390 bits per heavy atom. The van der Waals surface area contributed by atoms with Gasteiger partial charge in [-0.2, -0.15) is 0 Å². The highest BCUT2D eigenvalue weighted by Gasteiger charge is 2.45. The lowest BCUT2D eigenvalue weighted by molar-refractivity contribution is 0.479. The SMILES string of the molecule is Nc1cccc(-c2ccc(C3(c4ccc(-c5cccc(N)c5O)cc4)c4ccccc4-c4ccccc43)cc2)c1O. The summed E-state index contributed by atoms with van der Waals surface area (Å²) in [6.45, 7) is 0. The van der Waals surface area contributed by atoms with Crippen LogP contribution in [0.15, 0.2) is 133 Å². The Morgan fingerprint density at radius 3 is 1.17 bits per heavy atom. The van der Waals surface area contributed by atoms with Gasteiger partial charge in [-0.1, -0.05) is 121 Å². The summed E-state index contributed by atoms with van der Waals surface area (Å²) >= 11 is 0. The van der Waals surface area contributed by atoms with Gasteiger partial charge in [0.15, 0.2) is 0 Å². The lowest BCUT2D eigenvalue weighted by Gasteiger charge is -2.34. The number of nitrogens with two attached hydrogens (primary N) is 2. The number of para-hydroxylation sites is 2. The minimum atomic E-state index is -0.570. The van der Waals surface area contributed by atoms with Crippen LogP contribution in [-0.4, -0.2) is 10.2 Å². The molecule has 0 aromatic heterocycles. The van der Waals surface area contributed by atoms with Gasteiger partial charge >= 0.3 is 0 Å². The highest BCUT2D eigenvalue weighted by Crippen LogP contribution is 2.56. The molecular formula is C37H28N2O2. The van der Waals surface area contributed by atoms with Gasteiger partial charge in [0.25, 0.3) is 0 Å². The van der Waals surface area contributed by atoms with E-state index < -0.39 is 5.41 Å². The predicted molar refractivity (Wildman–Crippen MR) is 167 cm³/mol. The number of hydrogen-bond donors (Lipinski definition) is 4. The van der Waals surface area contributed by atoms with Crippen LogP contribution in [0.1, 0.15) is 22.3 Å². The van der Waals surface area contributed by atoms with E-state index in [1.165, 1.54) is 22.3 Å². The van der Waals surface area contributed by atoms with Crippen LogP contribution < -0.4 is 11.5 Å². The number of benzene rings is 6. The molecule has 4 heteroatoms. The maximum atomic E-state index is 10.6. The van der Waals surface area contributed by atoms with Crippen molar-refractivity contribution in [3.05, 3.63) is 156 Å². The first-order valence-corrected chi connectivity index (χ1v) is 13.6. The maximum Gasteiger partial charge on any atom is 0.146 e. The molecule has 0 saturated heterocycles. The molecule has 1 aliphatic carbocycles. The van der Waals surface area contributed by atoms with E-state index in [2.05, 4.69) is 72.8 Å². The molecule has 0 saturated carbocycles. The van der Waals surface area contributed by atoms with Gasteiger partial charge < -0.3 is 21.7 Å². The molecule has 7 rings (SSSR count). The molecular weight excluding hydrogens is 504 g/mol. The third kappa shape index (κ3) is 3.61. The fourth-order valence-corrected chi connectivity index (χ4v) is 6.41. The van der Waals surface area contributed by atoms with Crippen molar-refractivity contribution in [3.8, 4) is 44.9 Å². The van der Waals surface area contributed by atoms with E-state index in [-0.39, 0.29) is 11.5 Å². The van der Waals surface area contributed by atoms with Crippen LogP contribution in [0, 0.1) is 0 Å². The summed E-state index contributed by atoms with van der Waals surface area (Å²) in [5.74, 6) is 0.179. The standard InChI is InChI=1S/C37H28N2O2/c38-33-13-5-9-27(35(33)40)23-15-19-25(20-16-23)37(31-11-3-1-7-29(31)30-8-2-4-12-32(30)37)26-21-17-24(18-22-26)28-10-6-14-34(39)36(28)41/h1-22,40-41H,38-39H2. The number of phenols is 2. The zero-order valence-electron chi connectivity index (χ0n) is 22.3. The smallest absolute Gasteiger partial charge is 0.146 e. The first-order chi connectivity index (χ1) is 20.0. The molecule has 0 heterocycles. The van der Waals surface area contributed by atoms with Gasteiger partial charge in [0, 0.05) is 11.1 Å². The van der Waals surface area contributed by atoms with Crippen molar-refractivity contribution in [3.63, 3.8) is 0 Å². The number of hydrogen-bond acceptors (Lipinski definition) is 4. The molecule has 0 aliphatic heterocycles. The van der Waals surface area contributed by atoms with Crippen LogP contribution in [0.5, 0.6) is 11.5 Å². The van der Waals surface area contributed by atoms with Gasteiger partial charge in [0.2, 0.25) is 0 Å². The van der Waals surface area contributed by atoms with E-state index in [0.717, 1.165) is 22.3 Å². The fourth-order valence-electron chi connectivity index (χ4n) is 6.41. The second-order valence-corrected chi connectivity index (χ2v) is 10.5. The minimum absolute atomic E-state index is 0.0897. The Labute approximate surface area is 238 Å². The van der Waals surface area contributed by atoms with Crippen LogP contribution in [0.2, 0.25) is 0 Å². The largest absolute Gasteiger partial charge is 0.505 e. The first kappa shape index (κ1) is 24.6. The van der Waals surface area contributed by atoms with Crippen LogP contribution in [0.3, 0.4) is 0 Å². The summed E-state index contributed by atoms with van der Waals surface area (Å²) in [5.41, 5.74) is 22.4.